The summed E-state index contributed by atoms with van der Waals surface area (Å²) in [4.78, 5) is 0. The summed E-state index contributed by atoms with van der Waals surface area (Å²) in [6, 6.07) is 12.8. The summed E-state index contributed by atoms with van der Waals surface area (Å²) < 4.78 is 18.8. The van der Waals surface area contributed by atoms with E-state index < -0.39 is 0 Å². The maximum atomic E-state index is 13.2. The highest BCUT2D eigenvalue weighted by Crippen LogP contribution is 2.29. The molecule has 0 saturated carbocycles. The summed E-state index contributed by atoms with van der Waals surface area (Å²) in [5.74, 6) is 0.575. The Balaban J connectivity index is 1.96. The summed E-state index contributed by atoms with van der Waals surface area (Å²) >= 11 is 9.55. The van der Waals surface area contributed by atoms with E-state index in [1.165, 1.54) is 11.6 Å². The molecule has 1 nitrogen and oxygen atoms in total. The van der Waals surface area contributed by atoms with Crippen molar-refractivity contribution in [3.63, 3.8) is 0 Å². The Hall–Kier alpha value is -1.06. The van der Waals surface area contributed by atoms with Crippen LogP contribution in [-0.2, 0) is 6.42 Å². The van der Waals surface area contributed by atoms with Gasteiger partial charge in [0.2, 0.25) is 0 Å². The minimum absolute atomic E-state index is 0.131. The van der Waals surface area contributed by atoms with E-state index in [1.54, 1.807) is 19.2 Å². The van der Waals surface area contributed by atoms with Crippen molar-refractivity contribution in [1.29, 1.82) is 0 Å². The van der Waals surface area contributed by atoms with E-state index in [0.717, 1.165) is 24.2 Å². The molecule has 0 aromatic heterocycles. The van der Waals surface area contributed by atoms with E-state index >= 15 is 0 Å². The van der Waals surface area contributed by atoms with E-state index in [-0.39, 0.29) is 11.2 Å². The highest BCUT2D eigenvalue weighted by atomic mass is 79.9. The smallest absolute Gasteiger partial charge is 0.137 e. The first kappa shape index (κ1) is 15.3. The lowest BCUT2D eigenvalue weighted by molar-refractivity contribution is 0.414. The van der Waals surface area contributed by atoms with Crippen molar-refractivity contribution in [2.75, 3.05) is 7.11 Å². The van der Waals surface area contributed by atoms with Gasteiger partial charge in [-0.2, -0.15) is 0 Å². The van der Waals surface area contributed by atoms with Crippen LogP contribution >= 0.6 is 27.5 Å². The fourth-order valence-electron chi connectivity index (χ4n) is 1.96. The van der Waals surface area contributed by atoms with Crippen molar-refractivity contribution in [2.45, 2.75) is 18.2 Å². The number of halogens is 3. The van der Waals surface area contributed by atoms with Crippen molar-refractivity contribution in [1.82, 2.24) is 0 Å². The van der Waals surface area contributed by atoms with Crippen molar-refractivity contribution in [3.05, 3.63) is 63.9 Å². The first-order valence-electron chi connectivity index (χ1n) is 6.32. The Morgan fingerprint density at radius 2 is 1.90 bits per heavy atom. The summed E-state index contributed by atoms with van der Waals surface area (Å²) in [6.07, 6.45) is 1.67. The second kappa shape index (κ2) is 7.09. The van der Waals surface area contributed by atoms with Gasteiger partial charge in [0.25, 0.3) is 0 Å². The average Bonchev–Trinajstić information content (AvgIpc) is 2.48. The molecule has 20 heavy (non-hydrogen) atoms. The molecule has 0 aliphatic rings. The standard InChI is InChI=1S/C16H15BrClFO/c1-20-13-6-2-11(3-7-13)4-8-15(18)12-5-9-16(19)14(17)10-12/h2-3,5-7,9-10,15H,4,8H2,1H3. The summed E-state index contributed by atoms with van der Waals surface area (Å²) in [5, 5.41) is -0.131. The normalized spacial score (nSPS) is 12.2. The lowest BCUT2D eigenvalue weighted by Gasteiger charge is -2.11. The molecule has 0 spiro atoms. The number of ether oxygens (including phenoxy) is 1. The summed E-state index contributed by atoms with van der Waals surface area (Å²) in [5.41, 5.74) is 2.13. The third kappa shape index (κ3) is 3.97. The van der Waals surface area contributed by atoms with E-state index in [9.17, 15) is 4.39 Å². The fourth-order valence-corrected chi connectivity index (χ4v) is 2.60. The molecule has 2 aromatic rings. The van der Waals surface area contributed by atoms with Crippen molar-refractivity contribution in [3.8, 4) is 5.75 Å². The number of rotatable bonds is 5. The van der Waals surface area contributed by atoms with E-state index in [2.05, 4.69) is 15.9 Å². The quantitative estimate of drug-likeness (QED) is 0.641. The molecule has 0 aliphatic carbocycles. The molecule has 0 aliphatic heterocycles. The predicted octanol–water partition coefficient (Wildman–Crippen LogP) is 5.51. The maximum absolute atomic E-state index is 13.2. The summed E-state index contributed by atoms with van der Waals surface area (Å²) in [6.45, 7) is 0. The molecule has 106 valence electrons. The molecule has 0 amide bonds. The van der Waals surface area contributed by atoms with Crippen LogP contribution in [0.2, 0.25) is 0 Å². The SMILES string of the molecule is COc1ccc(CCC(Cl)c2ccc(F)c(Br)c2)cc1. The maximum Gasteiger partial charge on any atom is 0.137 e. The van der Waals surface area contributed by atoms with Crippen LogP contribution in [-0.4, -0.2) is 7.11 Å². The number of alkyl halides is 1. The topological polar surface area (TPSA) is 9.23 Å². The van der Waals surface area contributed by atoms with Crippen molar-refractivity contribution < 1.29 is 9.13 Å². The van der Waals surface area contributed by atoms with Crippen LogP contribution < -0.4 is 4.74 Å². The number of hydrogen-bond acceptors (Lipinski definition) is 1. The van der Waals surface area contributed by atoms with Gasteiger partial charge in [0.05, 0.1) is 17.0 Å². The molecule has 0 radical (unpaired) electrons. The zero-order chi connectivity index (χ0) is 14.5. The number of benzene rings is 2. The molecule has 1 unspecified atom stereocenters. The number of aryl methyl sites for hydroxylation is 1. The first-order chi connectivity index (χ1) is 9.60. The molecule has 2 aromatic carbocycles. The Kier molecular flexibility index (Phi) is 5.44. The van der Waals surface area contributed by atoms with Gasteiger partial charge in [-0.15, -0.1) is 11.6 Å². The highest BCUT2D eigenvalue weighted by Gasteiger charge is 2.10. The molecule has 1 atom stereocenters. The van der Waals surface area contributed by atoms with Crippen molar-refractivity contribution >= 4 is 27.5 Å². The van der Waals surface area contributed by atoms with Crippen molar-refractivity contribution in [2.24, 2.45) is 0 Å². The van der Waals surface area contributed by atoms with Gasteiger partial charge >= 0.3 is 0 Å². The van der Waals surface area contributed by atoms with Crippen LogP contribution in [0.3, 0.4) is 0 Å². The van der Waals surface area contributed by atoms with Gasteiger partial charge in [0.1, 0.15) is 11.6 Å². The second-order valence-corrected chi connectivity index (χ2v) is 5.91. The van der Waals surface area contributed by atoms with Crippen LogP contribution in [0.4, 0.5) is 4.39 Å². The fraction of sp³-hybridized carbons (Fsp3) is 0.250. The summed E-state index contributed by atoms with van der Waals surface area (Å²) in [7, 11) is 1.65. The van der Waals surface area contributed by atoms with E-state index in [0.29, 0.717) is 4.47 Å². The molecule has 0 heterocycles. The van der Waals surface area contributed by atoms with Gasteiger partial charge in [-0.1, -0.05) is 18.2 Å². The van der Waals surface area contributed by atoms with E-state index in [4.69, 9.17) is 16.3 Å². The molecular weight excluding hydrogens is 343 g/mol. The van der Waals surface area contributed by atoms with Gasteiger partial charge in [0.15, 0.2) is 0 Å². The van der Waals surface area contributed by atoms with Gasteiger partial charge in [-0.05, 0) is 64.2 Å². The van der Waals surface area contributed by atoms with Gasteiger partial charge in [-0.25, -0.2) is 4.39 Å². The molecular formula is C16H15BrClFO. The molecule has 0 fully saturated rings. The molecule has 0 saturated heterocycles. The van der Waals surface area contributed by atoms with Crippen LogP contribution in [0, 0.1) is 5.82 Å². The number of hydrogen-bond donors (Lipinski definition) is 0. The third-order valence-electron chi connectivity index (χ3n) is 3.15. The molecule has 2 rings (SSSR count). The molecule has 0 N–H and O–H groups in total. The lowest BCUT2D eigenvalue weighted by atomic mass is 10.0. The lowest BCUT2D eigenvalue weighted by Crippen LogP contribution is -1.95. The zero-order valence-electron chi connectivity index (χ0n) is 11.1. The van der Waals surface area contributed by atoms with Gasteiger partial charge in [-0.3, -0.25) is 0 Å². The van der Waals surface area contributed by atoms with Crippen LogP contribution in [0.25, 0.3) is 0 Å². The minimum atomic E-state index is -0.271. The van der Waals surface area contributed by atoms with Crippen LogP contribution in [0.5, 0.6) is 5.75 Å². The zero-order valence-corrected chi connectivity index (χ0v) is 13.4. The van der Waals surface area contributed by atoms with Crippen LogP contribution in [0.15, 0.2) is 46.9 Å². The number of methoxy groups -OCH3 is 1. The minimum Gasteiger partial charge on any atom is -0.497 e. The second-order valence-electron chi connectivity index (χ2n) is 4.53. The first-order valence-corrected chi connectivity index (χ1v) is 7.55. The average molecular weight is 358 g/mol. The van der Waals surface area contributed by atoms with Crippen LogP contribution in [0.1, 0.15) is 22.9 Å². The highest BCUT2D eigenvalue weighted by molar-refractivity contribution is 9.10. The molecule has 4 heteroatoms. The predicted molar refractivity (Wildman–Crippen MR) is 84.0 cm³/mol. The Labute approximate surface area is 131 Å². The Bertz CT molecular complexity index is 571. The largest absolute Gasteiger partial charge is 0.497 e. The molecule has 0 bridgehead atoms. The third-order valence-corrected chi connectivity index (χ3v) is 4.23. The van der Waals surface area contributed by atoms with E-state index in [1.807, 2.05) is 24.3 Å². The van der Waals surface area contributed by atoms with Gasteiger partial charge in [0, 0.05) is 0 Å². The Morgan fingerprint density at radius 1 is 1.20 bits per heavy atom. The van der Waals surface area contributed by atoms with Gasteiger partial charge < -0.3 is 4.74 Å². The Morgan fingerprint density at radius 3 is 2.50 bits per heavy atom. The monoisotopic (exact) mass is 356 g/mol.